The molecule has 2 rings (SSSR count). The Morgan fingerprint density at radius 1 is 1.69 bits per heavy atom. The minimum Gasteiger partial charge on any atom is -0.354 e. The third-order valence-corrected chi connectivity index (χ3v) is 2.89. The number of nitrogens with one attached hydrogen (secondary N) is 2. The van der Waals surface area contributed by atoms with Crippen LogP contribution < -0.4 is 10.6 Å². The quantitative estimate of drug-likeness (QED) is 0.777. The Hall–Kier alpha value is -1.36. The van der Waals surface area contributed by atoms with Gasteiger partial charge in [0.2, 0.25) is 5.91 Å². The van der Waals surface area contributed by atoms with Crippen LogP contribution in [0, 0.1) is 0 Å². The topological polar surface area (TPSA) is 59.0 Å². The van der Waals surface area contributed by atoms with E-state index in [0.717, 1.165) is 38.2 Å². The van der Waals surface area contributed by atoms with Crippen molar-refractivity contribution < 1.29 is 4.79 Å². The first kappa shape index (κ1) is 11.1. The number of aromatic nitrogens is 2. The normalized spacial score (nSPS) is 20.8. The number of carbonyl (C=O) groups excluding carboxylic acids is 1. The summed E-state index contributed by atoms with van der Waals surface area (Å²) >= 11 is 0. The maximum atomic E-state index is 11.7. The lowest BCUT2D eigenvalue weighted by Crippen LogP contribution is -2.38. The van der Waals surface area contributed by atoms with Gasteiger partial charge in [0, 0.05) is 19.3 Å². The number of hydrogen-bond acceptors (Lipinski definition) is 3. The number of piperidine rings is 1. The van der Waals surface area contributed by atoms with Crippen LogP contribution in [0.2, 0.25) is 0 Å². The molecule has 0 bridgehead atoms. The lowest BCUT2D eigenvalue weighted by molar-refractivity contribution is -0.125. The van der Waals surface area contributed by atoms with Crippen LogP contribution in [0.15, 0.2) is 12.5 Å². The summed E-state index contributed by atoms with van der Waals surface area (Å²) in [4.78, 5) is 15.9. The summed E-state index contributed by atoms with van der Waals surface area (Å²) in [7, 11) is 0. The van der Waals surface area contributed by atoms with Crippen molar-refractivity contribution in [3.05, 3.63) is 18.2 Å². The molecule has 88 valence electrons. The van der Waals surface area contributed by atoms with E-state index in [1.807, 2.05) is 10.8 Å². The number of nitrogens with zero attached hydrogens (tertiary/aromatic N) is 2. The first-order chi connectivity index (χ1) is 7.83. The summed E-state index contributed by atoms with van der Waals surface area (Å²) in [5, 5.41) is 6.15. The maximum absolute atomic E-state index is 11.7. The molecule has 2 heterocycles. The van der Waals surface area contributed by atoms with Gasteiger partial charge >= 0.3 is 0 Å². The summed E-state index contributed by atoms with van der Waals surface area (Å²) in [6.07, 6.45) is 5.52. The number of imidazole rings is 1. The molecule has 0 spiro atoms. The van der Waals surface area contributed by atoms with Crippen LogP contribution in [0.3, 0.4) is 0 Å². The van der Waals surface area contributed by atoms with Crippen LogP contribution in [-0.4, -0.2) is 28.5 Å². The van der Waals surface area contributed by atoms with Gasteiger partial charge < -0.3 is 15.2 Å². The first-order valence-corrected chi connectivity index (χ1v) is 5.82. The van der Waals surface area contributed by atoms with Gasteiger partial charge in [0.25, 0.3) is 0 Å². The van der Waals surface area contributed by atoms with Crippen molar-refractivity contribution in [3.8, 4) is 0 Å². The van der Waals surface area contributed by atoms with Crippen molar-refractivity contribution >= 4 is 5.91 Å². The highest BCUT2D eigenvalue weighted by Crippen LogP contribution is 2.19. The minimum absolute atomic E-state index is 0.0788. The van der Waals surface area contributed by atoms with E-state index in [4.69, 9.17) is 0 Å². The van der Waals surface area contributed by atoms with Crippen LogP contribution in [0.1, 0.15) is 31.5 Å². The third-order valence-electron chi connectivity index (χ3n) is 2.89. The predicted molar refractivity (Wildman–Crippen MR) is 60.9 cm³/mol. The van der Waals surface area contributed by atoms with Gasteiger partial charge in [0.05, 0.1) is 12.0 Å². The molecule has 0 radical (unpaired) electrons. The number of carbonyl (C=O) groups is 1. The van der Waals surface area contributed by atoms with E-state index in [9.17, 15) is 4.79 Å². The molecule has 5 nitrogen and oxygen atoms in total. The number of amides is 1. The monoisotopic (exact) mass is 222 g/mol. The molecule has 2 N–H and O–H groups in total. The van der Waals surface area contributed by atoms with Crippen LogP contribution in [0.4, 0.5) is 0 Å². The van der Waals surface area contributed by atoms with Crippen LogP contribution in [0.5, 0.6) is 0 Å². The van der Waals surface area contributed by atoms with E-state index in [1.165, 1.54) is 0 Å². The molecule has 1 aromatic rings. The van der Waals surface area contributed by atoms with Crippen molar-refractivity contribution in [1.29, 1.82) is 0 Å². The first-order valence-electron chi connectivity index (χ1n) is 5.82. The zero-order valence-corrected chi connectivity index (χ0v) is 9.57. The lowest BCUT2D eigenvalue weighted by Gasteiger charge is -2.24. The summed E-state index contributed by atoms with van der Waals surface area (Å²) in [5.41, 5.74) is 1.07. The highest BCUT2D eigenvalue weighted by Gasteiger charge is 2.24. The molecule has 1 fully saturated rings. The smallest absolute Gasteiger partial charge is 0.243 e. The zero-order valence-electron chi connectivity index (χ0n) is 9.57. The SMILES string of the molecule is CCNCc1cncn1C1CCCNC1=O. The fourth-order valence-electron chi connectivity index (χ4n) is 2.02. The Morgan fingerprint density at radius 2 is 2.56 bits per heavy atom. The molecule has 1 atom stereocenters. The Labute approximate surface area is 95.2 Å². The van der Waals surface area contributed by atoms with Gasteiger partial charge in [-0.3, -0.25) is 4.79 Å². The van der Waals surface area contributed by atoms with Crippen LogP contribution >= 0.6 is 0 Å². The van der Waals surface area contributed by atoms with E-state index in [-0.39, 0.29) is 11.9 Å². The van der Waals surface area contributed by atoms with Crippen molar-refractivity contribution in [2.45, 2.75) is 32.4 Å². The second-order valence-corrected chi connectivity index (χ2v) is 4.02. The fraction of sp³-hybridized carbons (Fsp3) is 0.636. The maximum Gasteiger partial charge on any atom is 0.243 e. The molecule has 0 saturated carbocycles. The molecule has 16 heavy (non-hydrogen) atoms. The average Bonchev–Trinajstić information content (AvgIpc) is 2.75. The number of hydrogen-bond donors (Lipinski definition) is 2. The Kier molecular flexibility index (Phi) is 3.56. The van der Waals surface area contributed by atoms with Crippen LogP contribution in [-0.2, 0) is 11.3 Å². The second-order valence-electron chi connectivity index (χ2n) is 4.02. The summed E-state index contributed by atoms with van der Waals surface area (Å²) in [5.74, 6) is 0.113. The summed E-state index contributed by atoms with van der Waals surface area (Å²) in [6, 6.07) is -0.0788. The molecule has 0 aliphatic carbocycles. The van der Waals surface area contributed by atoms with E-state index in [1.54, 1.807) is 6.33 Å². The predicted octanol–water partition coefficient (Wildman–Crippen LogP) is 0.444. The molecule has 1 unspecified atom stereocenters. The van der Waals surface area contributed by atoms with Gasteiger partial charge in [-0.25, -0.2) is 4.98 Å². The Bertz CT molecular complexity index is 361. The highest BCUT2D eigenvalue weighted by atomic mass is 16.2. The molecule has 5 heteroatoms. The molecule has 1 aliphatic heterocycles. The van der Waals surface area contributed by atoms with E-state index in [0.29, 0.717) is 0 Å². The van der Waals surface area contributed by atoms with Gasteiger partial charge in [0.1, 0.15) is 6.04 Å². The highest BCUT2D eigenvalue weighted by molar-refractivity contribution is 5.81. The van der Waals surface area contributed by atoms with Crippen molar-refractivity contribution in [2.75, 3.05) is 13.1 Å². The van der Waals surface area contributed by atoms with Gasteiger partial charge in [-0.2, -0.15) is 0 Å². The molecular weight excluding hydrogens is 204 g/mol. The molecule has 1 amide bonds. The molecule has 1 aromatic heterocycles. The Balaban J connectivity index is 2.12. The van der Waals surface area contributed by atoms with Crippen molar-refractivity contribution in [1.82, 2.24) is 20.2 Å². The summed E-state index contributed by atoms with van der Waals surface area (Å²) in [6.45, 7) is 4.54. The second kappa shape index (κ2) is 5.12. The van der Waals surface area contributed by atoms with Gasteiger partial charge in [-0.15, -0.1) is 0 Å². The fourth-order valence-corrected chi connectivity index (χ4v) is 2.02. The standard InChI is InChI=1S/C11H18N4O/c1-2-12-6-9-7-13-8-15(9)10-4-3-5-14-11(10)16/h7-8,10,12H,2-6H2,1H3,(H,14,16). The summed E-state index contributed by atoms with van der Waals surface area (Å²) < 4.78 is 1.98. The lowest BCUT2D eigenvalue weighted by atomic mass is 10.1. The van der Waals surface area contributed by atoms with E-state index >= 15 is 0 Å². The van der Waals surface area contributed by atoms with E-state index < -0.39 is 0 Å². The molecular formula is C11H18N4O. The van der Waals surface area contributed by atoms with Gasteiger partial charge in [-0.05, 0) is 19.4 Å². The Morgan fingerprint density at radius 3 is 3.31 bits per heavy atom. The average molecular weight is 222 g/mol. The molecule has 0 aromatic carbocycles. The number of rotatable bonds is 4. The molecule has 1 saturated heterocycles. The van der Waals surface area contributed by atoms with E-state index in [2.05, 4.69) is 22.5 Å². The van der Waals surface area contributed by atoms with Crippen LogP contribution in [0.25, 0.3) is 0 Å². The van der Waals surface area contributed by atoms with Gasteiger partial charge in [-0.1, -0.05) is 6.92 Å². The zero-order chi connectivity index (χ0) is 11.4. The van der Waals surface area contributed by atoms with Crippen molar-refractivity contribution in [2.24, 2.45) is 0 Å². The van der Waals surface area contributed by atoms with Crippen molar-refractivity contribution in [3.63, 3.8) is 0 Å². The van der Waals surface area contributed by atoms with Gasteiger partial charge in [0.15, 0.2) is 0 Å². The largest absolute Gasteiger partial charge is 0.354 e. The minimum atomic E-state index is -0.0788. The third kappa shape index (κ3) is 2.24. The molecule has 1 aliphatic rings.